The quantitative estimate of drug-likeness (QED) is 0.0799. The fourth-order valence-electron chi connectivity index (χ4n) is 4.66. The molecule has 2 unspecified atom stereocenters. The first-order valence-corrected chi connectivity index (χ1v) is 15.8. The molecule has 1 amide bonds. The summed E-state index contributed by atoms with van der Waals surface area (Å²) >= 11 is 0. The van der Waals surface area contributed by atoms with E-state index in [1.54, 1.807) is 0 Å². The number of nitrogens with two attached hydrogens (primary N) is 1. The molecule has 0 fully saturated rings. The van der Waals surface area contributed by atoms with Gasteiger partial charge in [-0.3, -0.25) is 9.59 Å². The number of aliphatic hydroxyl groups is 1. The summed E-state index contributed by atoms with van der Waals surface area (Å²) in [6, 6.07) is 0. The second kappa shape index (κ2) is 33.8. The number of carbonyl (C=O) groups excluding carboxylic acids is 3. The van der Waals surface area contributed by atoms with Crippen LogP contribution in [0.3, 0.4) is 0 Å². The van der Waals surface area contributed by atoms with Crippen LogP contribution in [0.25, 0.3) is 0 Å². The summed E-state index contributed by atoms with van der Waals surface area (Å²) in [4.78, 5) is 32.3. The number of aliphatic hydroxyl groups excluding tert-OH is 1. The Morgan fingerprint density at radius 3 is 1.47 bits per heavy atom. The van der Waals surface area contributed by atoms with Crippen molar-refractivity contribution in [2.45, 2.75) is 188 Å². The van der Waals surface area contributed by atoms with Crippen molar-refractivity contribution in [1.29, 1.82) is 0 Å². The average molecular weight is 542 g/mol. The zero-order valence-electron chi connectivity index (χ0n) is 25.0. The Balaban J connectivity index is -0.000000703. The third-order valence-corrected chi connectivity index (χ3v) is 7.25. The van der Waals surface area contributed by atoms with Crippen LogP contribution < -0.4 is 5.73 Å². The molecule has 0 bridgehead atoms. The highest BCUT2D eigenvalue weighted by molar-refractivity contribution is 5.78. The van der Waals surface area contributed by atoms with Crippen molar-refractivity contribution in [3.63, 3.8) is 0 Å². The Bertz CT molecular complexity index is 509. The van der Waals surface area contributed by atoms with E-state index in [-0.39, 0.29) is 25.7 Å². The molecule has 0 aromatic carbocycles. The molecule has 3 N–H and O–H groups in total. The zero-order valence-corrected chi connectivity index (χ0v) is 25.0. The van der Waals surface area contributed by atoms with Crippen molar-refractivity contribution in [3.05, 3.63) is 0 Å². The first-order valence-electron chi connectivity index (χ1n) is 15.8. The number of unbranched alkanes of at least 4 members (excludes halogenated alkanes) is 15. The lowest BCUT2D eigenvalue weighted by Gasteiger charge is -2.20. The Kier molecular flexibility index (Phi) is 36.7. The van der Waals surface area contributed by atoms with Gasteiger partial charge in [0.1, 0.15) is 12.1 Å². The molecule has 0 aliphatic carbocycles. The molecule has 5 nitrogen and oxygen atoms in total. The molecule has 0 aromatic heterocycles. The van der Waals surface area contributed by atoms with Gasteiger partial charge in [0.2, 0.25) is 5.91 Å². The number of amides is 1. The fraction of sp³-hybridized carbons (Fsp3) is 0.909. The second-order valence-electron chi connectivity index (χ2n) is 10.8. The SMILES string of the molecule is C.CCC(O)C(CCC=O)CCC(N)=O.CCCCCCCCCCCCCCCCCC(=O)CCCC. The van der Waals surface area contributed by atoms with Crippen molar-refractivity contribution in [3.8, 4) is 0 Å². The molecule has 0 aliphatic heterocycles. The number of aldehydes is 1. The van der Waals surface area contributed by atoms with Gasteiger partial charge in [-0.2, -0.15) is 0 Å². The van der Waals surface area contributed by atoms with Gasteiger partial charge in [-0.15, -0.1) is 0 Å². The van der Waals surface area contributed by atoms with E-state index in [2.05, 4.69) is 13.8 Å². The minimum Gasteiger partial charge on any atom is -0.393 e. The van der Waals surface area contributed by atoms with Gasteiger partial charge in [0.05, 0.1) is 6.10 Å². The predicted molar refractivity (Wildman–Crippen MR) is 164 cm³/mol. The molecular formula is C33H67NO4. The second-order valence-corrected chi connectivity index (χ2v) is 10.8. The van der Waals surface area contributed by atoms with Gasteiger partial charge in [0.15, 0.2) is 0 Å². The molecule has 0 spiro atoms. The molecule has 228 valence electrons. The number of hydrogen-bond acceptors (Lipinski definition) is 4. The van der Waals surface area contributed by atoms with E-state index >= 15 is 0 Å². The lowest BCUT2D eigenvalue weighted by Crippen LogP contribution is -2.22. The maximum atomic E-state index is 11.5. The molecule has 5 heteroatoms. The monoisotopic (exact) mass is 542 g/mol. The third-order valence-electron chi connectivity index (χ3n) is 7.25. The molecule has 0 radical (unpaired) electrons. The largest absolute Gasteiger partial charge is 0.393 e. The minimum absolute atomic E-state index is 0. The number of ketones is 1. The van der Waals surface area contributed by atoms with Gasteiger partial charge < -0.3 is 15.6 Å². The van der Waals surface area contributed by atoms with E-state index in [1.807, 2.05) is 6.92 Å². The number of Topliss-reactive ketones (excluding diaryl/α,β-unsaturated/α-hetero) is 1. The van der Waals surface area contributed by atoms with E-state index in [0.29, 0.717) is 31.5 Å². The van der Waals surface area contributed by atoms with Crippen LogP contribution in [0.15, 0.2) is 0 Å². The Labute approximate surface area is 237 Å². The van der Waals surface area contributed by atoms with Crippen molar-refractivity contribution in [2.24, 2.45) is 11.7 Å². The Hall–Kier alpha value is -1.23. The molecule has 38 heavy (non-hydrogen) atoms. The lowest BCUT2D eigenvalue weighted by molar-refractivity contribution is -0.119. The van der Waals surface area contributed by atoms with Crippen molar-refractivity contribution < 1.29 is 19.5 Å². The zero-order chi connectivity index (χ0) is 28.0. The molecule has 0 saturated heterocycles. The summed E-state index contributed by atoms with van der Waals surface area (Å²) in [6.07, 6.45) is 27.7. The van der Waals surface area contributed by atoms with Crippen LogP contribution in [0, 0.1) is 5.92 Å². The first kappa shape index (κ1) is 41.3. The first-order chi connectivity index (χ1) is 17.9. The number of carbonyl (C=O) groups is 3. The summed E-state index contributed by atoms with van der Waals surface area (Å²) in [7, 11) is 0. The van der Waals surface area contributed by atoms with Crippen LogP contribution in [-0.4, -0.2) is 29.2 Å². The normalized spacial score (nSPS) is 12.1. The van der Waals surface area contributed by atoms with Gasteiger partial charge in [0, 0.05) is 25.7 Å². The van der Waals surface area contributed by atoms with E-state index in [0.717, 1.165) is 38.4 Å². The topological polar surface area (TPSA) is 97.5 Å². The summed E-state index contributed by atoms with van der Waals surface area (Å²) in [5, 5.41) is 9.59. The highest BCUT2D eigenvalue weighted by Crippen LogP contribution is 2.19. The van der Waals surface area contributed by atoms with Crippen molar-refractivity contribution >= 4 is 18.0 Å². The van der Waals surface area contributed by atoms with E-state index in [9.17, 15) is 19.5 Å². The highest BCUT2D eigenvalue weighted by Gasteiger charge is 2.17. The molecule has 0 rings (SSSR count). The molecule has 0 heterocycles. The average Bonchev–Trinajstić information content (AvgIpc) is 2.89. The molecule has 2 atom stereocenters. The van der Waals surface area contributed by atoms with Crippen LogP contribution in [0.1, 0.15) is 182 Å². The Morgan fingerprint density at radius 2 is 1.08 bits per heavy atom. The number of hydrogen-bond donors (Lipinski definition) is 2. The molecule has 0 aliphatic rings. The summed E-state index contributed by atoms with van der Waals surface area (Å²) in [5.74, 6) is 0.142. The number of rotatable bonds is 27. The van der Waals surface area contributed by atoms with Crippen LogP contribution in [0.4, 0.5) is 0 Å². The maximum absolute atomic E-state index is 11.5. The predicted octanol–water partition coefficient (Wildman–Crippen LogP) is 9.26. The van der Waals surface area contributed by atoms with E-state index in [4.69, 9.17) is 5.73 Å². The highest BCUT2D eigenvalue weighted by atomic mass is 16.3. The molecular weight excluding hydrogens is 474 g/mol. The summed E-state index contributed by atoms with van der Waals surface area (Å²) in [5.41, 5.74) is 5.02. The van der Waals surface area contributed by atoms with Crippen molar-refractivity contribution in [1.82, 2.24) is 0 Å². The van der Waals surface area contributed by atoms with Gasteiger partial charge in [0.25, 0.3) is 0 Å². The van der Waals surface area contributed by atoms with Gasteiger partial charge >= 0.3 is 0 Å². The minimum atomic E-state index is -0.436. The maximum Gasteiger partial charge on any atom is 0.217 e. The molecule has 0 aromatic rings. The van der Waals surface area contributed by atoms with Crippen LogP contribution >= 0.6 is 0 Å². The van der Waals surface area contributed by atoms with E-state index in [1.165, 1.54) is 89.9 Å². The number of primary amides is 1. The van der Waals surface area contributed by atoms with Crippen LogP contribution in [0.5, 0.6) is 0 Å². The van der Waals surface area contributed by atoms with Crippen LogP contribution in [-0.2, 0) is 14.4 Å². The van der Waals surface area contributed by atoms with Gasteiger partial charge in [-0.25, -0.2) is 0 Å². The van der Waals surface area contributed by atoms with Gasteiger partial charge in [-0.1, -0.05) is 125 Å². The van der Waals surface area contributed by atoms with Crippen LogP contribution in [0.2, 0.25) is 0 Å². The summed E-state index contributed by atoms with van der Waals surface area (Å²) in [6.45, 7) is 6.32. The van der Waals surface area contributed by atoms with E-state index < -0.39 is 6.10 Å². The smallest absolute Gasteiger partial charge is 0.217 e. The van der Waals surface area contributed by atoms with Crippen molar-refractivity contribution in [2.75, 3.05) is 0 Å². The molecule has 0 saturated carbocycles. The standard InChI is InChI=1S/C22H44O.C10H19NO3.CH4/c1-3-5-7-8-9-10-11-12-13-14-15-16-17-18-19-21-22(23)20-6-4-2;1-2-9(13)8(4-3-7-12)5-6-10(11)14;/h3-21H2,1-2H3;7-9,13H,2-6H2,1H3,(H2,11,14);1H4. The lowest BCUT2D eigenvalue weighted by atomic mass is 9.90. The fourth-order valence-corrected chi connectivity index (χ4v) is 4.66. The third kappa shape index (κ3) is 32.8. The Morgan fingerprint density at radius 1 is 0.658 bits per heavy atom. The van der Waals surface area contributed by atoms with Gasteiger partial charge in [-0.05, 0) is 38.0 Å². The summed E-state index contributed by atoms with van der Waals surface area (Å²) < 4.78 is 0.